The number of aromatic amines is 2. The first-order valence-electron chi connectivity index (χ1n) is 13.6. The Kier molecular flexibility index (Phi) is 6.31. The van der Waals surface area contributed by atoms with Gasteiger partial charge in [-0.25, -0.2) is 8.78 Å². The minimum absolute atomic E-state index is 0. The van der Waals surface area contributed by atoms with Crippen LogP contribution < -0.4 is 5.32 Å². The Bertz CT molecular complexity index is 1360. The zero-order valence-corrected chi connectivity index (χ0v) is 22.5. The number of carbonyl (C=O) groups is 1. The Labute approximate surface area is 227 Å². The number of fused-ring (bicyclic) bond motifs is 3. The molecule has 204 valence electrons. The van der Waals surface area contributed by atoms with Gasteiger partial charge in [-0.15, -0.1) is 12.4 Å². The smallest absolute Gasteiger partial charge is 0.258 e. The standard InChI is InChI=1S/C28H34F2N6O.ClH/c1-27-15-23-20(14-24(27)28(27,29)30)25(34-33-23)22-12-18-2-3-19(13-21(18)32-22)26(37)36-10-8-35(9-11-36)16-17-4-6-31-7-5-17;/h2-3,12-13,17,24,31-32H,4-11,14-16H2,1H3,(H,33,34);1H/t24-,27+;/m0./s1. The van der Waals surface area contributed by atoms with Crippen LogP contribution in [0, 0.1) is 17.3 Å². The number of piperidine rings is 1. The van der Waals surface area contributed by atoms with Crippen molar-refractivity contribution in [3.63, 3.8) is 0 Å². The van der Waals surface area contributed by atoms with Gasteiger partial charge in [0, 0.05) is 78.2 Å². The molecule has 3 aromatic rings. The maximum atomic E-state index is 14.3. The second-order valence-corrected chi connectivity index (χ2v) is 11.8. The predicted octanol–water partition coefficient (Wildman–Crippen LogP) is 4.11. The number of hydrogen-bond donors (Lipinski definition) is 3. The van der Waals surface area contributed by atoms with Crippen molar-refractivity contribution in [3.8, 4) is 11.4 Å². The lowest BCUT2D eigenvalue weighted by Gasteiger charge is -2.37. The fraction of sp³-hybridized carbons (Fsp3) is 0.571. The van der Waals surface area contributed by atoms with Gasteiger partial charge in [0.15, 0.2) is 0 Å². The summed E-state index contributed by atoms with van der Waals surface area (Å²) >= 11 is 0. The highest BCUT2D eigenvalue weighted by atomic mass is 35.5. The number of hydrogen-bond acceptors (Lipinski definition) is 4. The van der Waals surface area contributed by atoms with Crippen LogP contribution in [0.1, 0.15) is 41.4 Å². The van der Waals surface area contributed by atoms with Crippen LogP contribution in [0.2, 0.25) is 0 Å². The number of benzene rings is 1. The second-order valence-electron chi connectivity index (χ2n) is 11.8. The van der Waals surface area contributed by atoms with Crippen molar-refractivity contribution in [3.05, 3.63) is 41.1 Å². The van der Waals surface area contributed by atoms with Crippen molar-refractivity contribution in [2.24, 2.45) is 17.3 Å². The molecule has 2 atom stereocenters. The monoisotopic (exact) mass is 544 g/mol. The number of halogens is 3. The molecule has 0 bridgehead atoms. The highest BCUT2D eigenvalue weighted by Crippen LogP contribution is 2.70. The van der Waals surface area contributed by atoms with E-state index < -0.39 is 17.3 Å². The maximum Gasteiger partial charge on any atom is 0.258 e. The minimum Gasteiger partial charge on any atom is -0.353 e. The van der Waals surface area contributed by atoms with Crippen LogP contribution in [0.3, 0.4) is 0 Å². The molecule has 2 aromatic heterocycles. The van der Waals surface area contributed by atoms with Gasteiger partial charge < -0.3 is 15.2 Å². The summed E-state index contributed by atoms with van der Waals surface area (Å²) < 4.78 is 28.7. The van der Waals surface area contributed by atoms with Crippen LogP contribution in [0.4, 0.5) is 8.78 Å². The molecular formula is C28H35ClF2N6O. The summed E-state index contributed by atoms with van der Waals surface area (Å²) in [4.78, 5) is 21.2. The number of piperazine rings is 1. The van der Waals surface area contributed by atoms with Crippen molar-refractivity contribution < 1.29 is 13.6 Å². The van der Waals surface area contributed by atoms with Crippen molar-refractivity contribution in [1.82, 2.24) is 30.3 Å². The summed E-state index contributed by atoms with van der Waals surface area (Å²) in [6.07, 6.45) is 3.15. The number of nitrogens with zero attached hydrogens (tertiary/aromatic N) is 3. The Hall–Kier alpha value is -2.49. The lowest BCUT2D eigenvalue weighted by molar-refractivity contribution is 0.0607. The van der Waals surface area contributed by atoms with Crippen LogP contribution in [-0.4, -0.2) is 82.6 Å². The van der Waals surface area contributed by atoms with Gasteiger partial charge in [0.2, 0.25) is 0 Å². The molecule has 3 N–H and O–H groups in total. The summed E-state index contributed by atoms with van der Waals surface area (Å²) in [5, 5.41) is 11.9. The SMILES string of the molecule is C[C@@]12Cc3[nH]nc(-c4cc5ccc(C(=O)N6CCN(CC7CCNCC7)CC6)cc5[nH]4)c3C[C@@H]1C2(F)F.Cl. The van der Waals surface area contributed by atoms with E-state index in [0.29, 0.717) is 24.1 Å². The van der Waals surface area contributed by atoms with E-state index in [1.54, 1.807) is 6.92 Å². The summed E-state index contributed by atoms with van der Waals surface area (Å²) in [5.74, 6) is -2.40. The van der Waals surface area contributed by atoms with Crippen LogP contribution in [-0.2, 0) is 12.8 Å². The Morgan fingerprint density at radius 2 is 1.89 bits per heavy atom. The first kappa shape index (κ1) is 25.8. The topological polar surface area (TPSA) is 80.1 Å². The number of H-pyrrole nitrogens is 2. The highest BCUT2D eigenvalue weighted by Gasteiger charge is 2.78. The first-order chi connectivity index (χ1) is 17.8. The van der Waals surface area contributed by atoms with Gasteiger partial charge in [-0.05, 0) is 56.5 Å². The van der Waals surface area contributed by atoms with E-state index in [-0.39, 0.29) is 18.3 Å². The highest BCUT2D eigenvalue weighted by molar-refractivity contribution is 5.99. The van der Waals surface area contributed by atoms with Crippen LogP contribution in [0.25, 0.3) is 22.3 Å². The first-order valence-corrected chi connectivity index (χ1v) is 13.6. The number of alkyl halides is 2. The fourth-order valence-electron chi connectivity index (χ4n) is 6.96. The van der Waals surface area contributed by atoms with E-state index in [0.717, 1.165) is 79.6 Å². The molecule has 2 saturated heterocycles. The van der Waals surface area contributed by atoms with Gasteiger partial charge in [0.25, 0.3) is 11.8 Å². The normalized spacial score (nSPS) is 27.0. The van der Waals surface area contributed by atoms with Crippen LogP contribution >= 0.6 is 12.4 Å². The third-order valence-corrected chi connectivity index (χ3v) is 9.55. The molecule has 2 aliphatic carbocycles. The largest absolute Gasteiger partial charge is 0.353 e. The van der Waals surface area contributed by atoms with Crippen molar-refractivity contribution in [2.45, 2.75) is 38.5 Å². The molecule has 0 radical (unpaired) electrons. The molecule has 0 spiro atoms. The second kappa shape index (κ2) is 9.31. The van der Waals surface area contributed by atoms with Gasteiger partial charge in [0.05, 0.1) is 5.69 Å². The van der Waals surface area contributed by atoms with Crippen molar-refractivity contribution in [2.75, 3.05) is 45.8 Å². The molecule has 2 aliphatic heterocycles. The third kappa shape index (κ3) is 4.05. The van der Waals surface area contributed by atoms with E-state index in [1.807, 2.05) is 29.2 Å². The summed E-state index contributed by atoms with van der Waals surface area (Å²) in [6, 6.07) is 7.76. The van der Waals surface area contributed by atoms with E-state index in [1.165, 1.54) is 12.8 Å². The lowest BCUT2D eigenvalue weighted by atomic mass is 9.87. The number of rotatable bonds is 4. The molecule has 10 heteroatoms. The maximum absolute atomic E-state index is 14.3. The molecule has 7 nitrogen and oxygen atoms in total. The molecule has 4 heterocycles. The zero-order chi connectivity index (χ0) is 25.4. The zero-order valence-electron chi connectivity index (χ0n) is 21.7. The molecule has 4 aliphatic rings. The average molecular weight is 545 g/mol. The Morgan fingerprint density at radius 3 is 2.66 bits per heavy atom. The predicted molar refractivity (Wildman–Crippen MR) is 145 cm³/mol. The van der Waals surface area contributed by atoms with Crippen LogP contribution in [0.15, 0.2) is 24.3 Å². The molecule has 38 heavy (non-hydrogen) atoms. The lowest BCUT2D eigenvalue weighted by Crippen LogP contribution is -2.50. The van der Waals surface area contributed by atoms with E-state index in [9.17, 15) is 13.6 Å². The summed E-state index contributed by atoms with van der Waals surface area (Å²) in [6.45, 7) is 8.40. The molecule has 7 rings (SSSR count). The Morgan fingerprint density at radius 1 is 1.13 bits per heavy atom. The van der Waals surface area contributed by atoms with Crippen LogP contribution in [0.5, 0.6) is 0 Å². The Balaban J connectivity index is 0.00000264. The van der Waals surface area contributed by atoms with E-state index in [4.69, 9.17) is 0 Å². The van der Waals surface area contributed by atoms with Crippen molar-refractivity contribution >= 4 is 29.2 Å². The number of aromatic nitrogens is 3. The fourth-order valence-corrected chi connectivity index (χ4v) is 6.96. The van der Waals surface area contributed by atoms with Gasteiger partial charge in [-0.3, -0.25) is 14.8 Å². The molecule has 1 saturated carbocycles. The van der Waals surface area contributed by atoms with E-state index in [2.05, 4.69) is 25.4 Å². The summed E-state index contributed by atoms with van der Waals surface area (Å²) in [5.41, 5.74) is 3.82. The molecule has 0 unspecified atom stereocenters. The third-order valence-electron chi connectivity index (χ3n) is 9.55. The average Bonchev–Trinajstić information content (AvgIpc) is 3.30. The number of nitrogens with one attached hydrogen (secondary N) is 3. The molecular weight excluding hydrogens is 510 g/mol. The van der Waals surface area contributed by atoms with Gasteiger partial charge in [-0.2, -0.15) is 5.10 Å². The number of carbonyl (C=O) groups excluding carboxylic acids is 1. The van der Waals surface area contributed by atoms with Crippen molar-refractivity contribution in [1.29, 1.82) is 0 Å². The van der Waals surface area contributed by atoms with Gasteiger partial charge in [0.1, 0.15) is 5.69 Å². The molecule has 1 amide bonds. The minimum atomic E-state index is -2.61. The van der Waals surface area contributed by atoms with Gasteiger partial charge in [-0.1, -0.05) is 13.0 Å². The quantitative estimate of drug-likeness (QED) is 0.462. The molecule has 3 fully saturated rings. The van der Waals surface area contributed by atoms with Gasteiger partial charge >= 0.3 is 0 Å². The summed E-state index contributed by atoms with van der Waals surface area (Å²) in [7, 11) is 0. The van der Waals surface area contributed by atoms with E-state index >= 15 is 0 Å². The number of amides is 1. The molecule has 1 aromatic carbocycles.